The molecular formula is C14H14ClN3O. The molecule has 1 heterocycles. The molecule has 0 saturated heterocycles. The number of aryl methyl sites for hydroxylation is 2. The fraction of sp³-hybridized carbons (Fsp3) is 0.143. The van der Waals surface area contributed by atoms with E-state index in [1.807, 2.05) is 32.0 Å². The maximum Gasteiger partial charge on any atom is 0.275 e. The zero-order valence-electron chi connectivity index (χ0n) is 10.7. The van der Waals surface area contributed by atoms with Gasteiger partial charge in [-0.1, -0.05) is 23.7 Å². The van der Waals surface area contributed by atoms with Crippen LogP contribution in [0, 0.1) is 13.8 Å². The molecular weight excluding hydrogens is 262 g/mol. The minimum atomic E-state index is -0.369. The molecule has 0 radical (unpaired) electrons. The molecule has 0 atom stereocenters. The van der Waals surface area contributed by atoms with E-state index in [-0.39, 0.29) is 22.4 Å². The van der Waals surface area contributed by atoms with Crippen LogP contribution in [0.5, 0.6) is 0 Å². The van der Waals surface area contributed by atoms with Gasteiger partial charge < -0.3 is 11.1 Å². The second-order valence-electron chi connectivity index (χ2n) is 4.34. The molecule has 3 N–H and O–H groups in total. The van der Waals surface area contributed by atoms with Crippen LogP contribution in [0.15, 0.2) is 30.3 Å². The topological polar surface area (TPSA) is 68.0 Å². The molecule has 1 amide bonds. The molecule has 0 unspecified atom stereocenters. The molecule has 2 aromatic rings. The molecule has 0 aliphatic heterocycles. The number of halogens is 1. The lowest BCUT2D eigenvalue weighted by Crippen LogP contribution is -2.15. The first kappa shape index (κ1) is 13.4. The van der Waals surface area contributed by atoms with Crippen molar-refractivity contribution in [3.8, 4) is 0 Å². The smallest absolute Gasteiger partial charge is 0.275 e. The van der Waals surface area contributed by atoms with E-state index in [1.54, 1.807) is 12.1 Å². The third-order valence-corrected chi connectivity index (χ3v) is 3.03. The second kappa shape index (κ2) is 5.28. The Morgan fingerprint density at radius 3 is 2.74 bits per heavy atom. The summed E-state index contributed by atoms with van der Waals surface area (Å²) in [5.74, 6) is -0.110. The number of benzene rings is 1. The number of rotatable bonds is 2. The highest BCUT2D eigenvalue weighted by atomic mass is 35.5. The van der Waals surface area contributed by atoms with Gasteiger partial charge in [-0.15, -0.1) is 0 Å². The summed E-state index contributed by atoms with van der Waals surface area (Å²) in [6.07, 6.45) is 0. The molecule has 0 aliphatic carbocycles. The van der Waals surface area contributed by atoms with E-state index in [9.17, 15) is 4.79 Å². The van der Waals surface area contributed by atoms with Crippen LogP contribution in [0.3, 0.4) is 0 Å². The number of nitrogens with two attached hydrogens (primary N) is 1. The normalized spacial score (nSPS) is 10.3. The van der Waals surface area contributed by atoms with Crippen LogP contribution >= 0.6 is 11.6 Å². The quantitative estimate of drug-likeness (QED) is 0.884. The number of hydrogen-bond acceptors (Lipinski definition) is 3. The lowest BCUT2D eigenvalue weighted by atomic mass is 10.1. The van der Waals surface area contributed by atoms with Crippen molar-refractivity contribution in [2.75, 3.05) is 11.1 Å². The van der Waals surface area contributed by atoms with Gasteiger partial charge in [0.1, 0.15) is 11.5 Å². The Morgan fingerprint density at radius 2 is 2.00 bits per heavy atom. The molecule has 19 heavy (non-hydrogen) atoms. The third-order valence-electron chi connectivity index (χ3n) is 2.72. The Hall–Kier alpha value is -2.07. The van der Waals surface area contributed by atoms with Crippen molar-refractivity contribution in [1.82, 2.24) is 4.98 Å². The van der Waals surface area contributed by atoms with Gasteiger partial charge in [0.2, 0.25) is 0 Å². The molecule has 0 bridgehead atoms. The molecule has 0 aliphatic rings. The Bertz CT molecular complexity index is 641. The number of nitrogens with zero attached hydrogens (tertiary/aromatic N) is 1. The van der Waals surface area contributed by atoms with Crippen molar-refractivity contribution in [3.63, 3.8) is 0 Å². The Kier molecular flexibility index (Phi) is 3.71. The molecule has 1 aromatic heterocycles. The van der Waals surface area contributed by atoms with Gasteiger partial charge >= 0.3 is 0 Å². The Labute approximate surface area is 116 Å². The fourth-order valence-corrected chi connectivity index (χ4v) is 1.86. The lowest BCUT2D eigenvalue weighted by molar-refractivity contribution is 0.102. The summed E-state index contributed by atoms with van der Waals surface area (Å²) in [6, 6.07) is 8.93. The number of pyridine rings is 1. The van der Waals surface area contributed by atoms with Gasteiger partial charge in [-0.25, -0.2) is 4.98 Å². The van der Waals surface area contributed by atoms with E-state index in [1.165, 1.54) is 0 Å². The van der Waals surface area contributed by atoms with Gasteiger partial charge in [0.25, 0.3) is 5.91 Å². The summed E-state index contributed by atoms with van der Waals surface area (Å²) in [4.78, 5) is 16.1. The van der Waals surface area contributed by atoms with E-state index >= 15 is 0 Å². The minimum Gasteiger partial charge on any atom is -0.384 e. The minimum absolute atomic E-state index is 0.127. The van der Waals surface area contributed by atoms with Crippen LogP contribution in [0.4, 0.5) is 11.5 Å². The molecule has 4 nitrogen and oxygen atoms in total. The number of aromatic nitrogens is 1. The van der Waals surface area contributed by atoms with Gasteiger partial charge in [0, 0.05) is 5.69 Å². The average Bonchev–Trinajstić information content (AvgIpc) is 2.36. The van der Waals surface area contributed by atoms with Crippen molar-refractivity contribution >= 4 is 29.0 Å². The number of anilines is 2. The Balaban J connectivity index is 2.30. The lowest BCUT2D eigenvalue weighted by Gasteiger charge is -2.10. The van der Waals surface area contributed by atoms with Crippen LogP contribution in [0.25, 0.3) is 0 Å². The summed E-state index contributed by atoms with van der Waals surface area (Å²) >= 11 is 5.95. The summed E-state index contributed by atoms with van der Waals surface area (Å²) in [6.45, 7) is 3.88. The van der Waals surface area contributed by atoms with Crippen LogP contribution in [-0.4, -0.2) is 10.9 Å². The average molecular weight is 276 g/mol. The highest BCUT2D eigenvalue weighted by Crippen LogP contribution is 2.20. The van der Waals surface area contributed by atoms with Crippen molar-refractivity contribution in [1.29, 1.82) is 0 Å². The highest BCUT2D eigenvalue weighted by molar-refractivity contribution is 6.34. The number of carbonyl (C=O) groups excluding carboxylic acids is 1. The van der Waals surface area contributed by atoms with E-state index < -0.39 is 0 Å². The molecule has 0 fully saturated rings. The molecule has 1 aromatic carbocycles. The van der Waals surface area contributed by atoms with Crippen molar-refractivity contribution in [2.45, 2.75) is 13.8 Å². The third kappa shape index (κ3) is 3.03. The van der Waals surface area contributed by atoms with E-state index in [0.29, 0.717) is 0 Å². The summed E-state index contributed by atoms with van der Waals surface area (Å²) < 4.78 is 0. The van der Waals surface area contributed by atoms with Gasteiger partial charge in [0.05, 0.1) is 5.02 Å². The number of amides is 1. The standard InChI is InChI=1S/C14H14ClN3O/c1-8-3-4-9(2)11(7-8)17-14(19)13-10(15)5-6-12(16)18-13/h3-7H,1-2H3,(H2,16,18)(H,17,19). The SMILES string of the molecule is Cc1ccc(C)c(NC(=O)c2nc(N)ccc2Cl)c1. The largest absolute Gasteiger partial charge is 0.384 e. The van der Waals surface area contributed by atoms with Crippen molar-refractivity contribution in [3.05, 3.63) is 52.2 Å². The van der Waals surface area contributed by atoms with Gasteiger partial charge in [-0.3, -0.25) is 4.79 Å². The zero-order valence-corrected chi connectivity index (χ0v) is 11.5. The van der Waals surface area contributed by atoms with Crippen LogP contribution in [0.1, 0.15) is 21.6 Å². The van der Waals surface area contributed by atoms with Gasteiger partial charge in [-0.2, -0.15) is 0 Å². The highest BCUT2D eigenvalue weighted by Gasteiger charge is 2.13. The number of nitrogens with one attached hydrogen (secondary N) is 1. The number of hydrogen-bond donors (Lipinski definition) is 2. The molecule has 98 valence electrons. The van der Waals surface area contributed by atoms with Gasteiger partial charge in [-0.05, 0) is 43.2 Å². The number of nitrogen functional groups attached to an aromatic ring is 1. The molecule has 0 saturated carbocycles. The van der Waals surface area contributed by atoms with E-state index in [2.05, 4.69) is 10.3 Å². The summed E-state index contributed by atoms with van der Waals surface area (Å²) in [5.41, 5.74) is 8.47. The first-order valence-corrected chi connectivity index (χ1v) is 6.16. The monoisotopic (exact) mass is 275 g/mol. The summed E-state index contributed by atoms with van der Waals surface area (Å²) in [5, 5.41) is 3.07. The molecule has 0 spiro atoms. The van der Waals surface area contributed by atoms with Crippen LogP contribution < -0.4 is 11.1 Å². The first-order chi connectivity index (χ1) is 8.97. The van der Waals surface area contributed by atoms with Crippen molar-refractivity contribution < 1.29 is 4.79 Å². The maximum atomic E-state index is 12.1. The van der Waals surface area contributed by atoms with Crippen LogP contribution in [-0.2, 0) is 0 Å². The molecule has 5 heteroatoms. The Morgan fingerprint density at radius 1 is 1.26 bits per heavy atom. The predicted octanol–water partition coefficient (Wildman–Crippen LogP) is 3.19. The number of carbonyl (C=O) groups is 1. The zero-order chi connectivity index (χ0) is 14.0. The fourth-order valence-electron chi connectivity index (χ4n) is 1.67. The van der Waals surface area contributed by atoms with Crippen LogP contribution in [0.2, 0.25) is 5.02 Å². The van der Waals surface area contributed by atoms with Crippen molar-refractivity contribution in [2.24, 2.45) is 0 Å². The predicted molar refractivity (Wildman–Crippen MR) is 77.5 cm³/mol. The maximum absolute atomic E-state index is 12.1. The van der Waals surface area contributed by atoms with E-state index in [4.69, 9.17) is 17.3 Å². The second-order valence-corrected chi connectivity index (χ2v) is 4.75. The first-order valence-electron chi connectivity index (χ1n) is 5.78. The van der Waals surface area contributed by atoms with Gasteiger partial charge in [0.15, 0.2) is 0 Å². The van der Waals surface area contributed by atoms with E-state index in [0.717, 1.165) is 16.8 Å². The summed E-state index contributed by atoms with van der Waals surface area (Å²) in [7, 11) is 0. The molecule has 2 rings (SSSR count).